The van der Waals surface area contributed by atoms with Gasteiger partial charge >= 0.3 is 0 Å². The van der Waals surface area contributed by atoms with Crippen molar-refractivity contribution < 1.29 is 0 Å². The van der Waals surface area contributed by atoms with Crippen molar-refractivity contribution in [3.8, 4) is 11.1 Å². The molecule has 4 heteroatoms. The quantitative estimate of drug-likeness (QED) is 0.631. The van der Waals surface area contributed by atoms with Crippen LogP contribution in [0.3, 0.4) is 0 Å². The Morgan fingerprint density at radius 2 is 1.68 bits per heavy atom. The van der Waals surface area contributed by atoms with Gasteiger partial charge in [-0.15, -0.1) is 0 Å². The van der Waals surface area contributed by atoms with Crippen LogP contribution in [-0.2, 0) is 6.54 Å². The third-order valence-corrected chi connectivity index (χ3v) is 7.88. The maximum atomic E-state index is 12.9. The molecule has 0 N–H and O–H groups in total. The van der Waals surface area contributed by atoms with Gasteiger partial charge in [0.05, 0.1) is 0 Å². The molecule has 2 atom stereocenters. The molecule has 0 spiro atoms. The summed E-state index contributed by atoms with van der Waals surface area (Å²) in [6.07, 6.45) is 3.76. The molecule has 4 heterocycles. The SMILES string of the molecule is CN1CCC(N2C[C@@H]3C[C@H](C2)c2c(-c4ccc5ccccc5c4)ccc(=O)n2C3)CC1. The van der Waals surface area contributed by atoms with Crippen molar-refractivity contribution in [1.82, 2.24) is 14.4 Å². The van der Waals surface area contributed by atoms with Crippen LogP contribution < -0.4 is 5.56 Å². The van der Waals surface area contributed by atoms with Crippen LogP contribution in [0.4, 0.5) is 0 Å². The van der Waals surface area contributed by atoms with Crippen molar-refractivity contribution in [2.45, 2.75) is 37.8 Å². The Morgan fingerprint density at radius 1 is 0.871 bits per heavy atom. The first-order valence-corrected chi connectivity index (χ1v) is 11.8. The molecule has 6 rings (SSSR count). The Bertz CT molecular complexity index is 1170. The lowest BCUT2D eigenvalue weighted by molar-refractivity contribution is 0.0519. The average molecular weight is 414 g/mol. The molecule has 0 aliphatic carbocycles. The van der Waals surface area contributed by atoms with E-state index in [0.29, 0.717) is 17.9 Å². The molecule has 0 amide bonds. The van der Waals surface area contributed by atoms with Crippen LogP contribution in [0, 0.1) is 5.92 Å². The van der Waals surface area contributed by atoms with E-state index >= 15 is 0 Å². The first kappa shape index (κ1) is 19.3. The summed E-state index contributed by atoms with van der Waals surface area (Å²) in [5, 5.41) is 2.52. The summed E-state index contributed by atoms with van der Waals surface area (Å²) in [5.74, 6) is 1.04. The lowest BCUT2D eigenvalue weighted by Crippen LogP contribution is -2.53. The monoisotopic (exact) mass is 413 g/mol. The minimum atomic E-state index is 0.169. The van der Waals surface area contributed by atoms with E-state index < -0.39 is 0 Å². The molecule has 3 aliphatic rings. The van der Waals surface area contributed by atoms with Crippen LogP contribution in [0.25, 0.3) is 21.9 Å². The zero-order valence-electron chi connectivity index (χ0n) is 18.3. The van der Waals surface area contributed by atoms with Crippen LogP contribution in [-0.4, -0.2) is 53.6 Å². The van der Waals surface area contributed by atoms with Gasteiger partial charge in [-0.3, -0.25) is 9.69 Å². The molecule has 2 fully saturated rings. The molecule has 31 heavy (non-hydrogen) atoms. The number of fused-ring (bicyclic) bond motifs is 5. The van der Waals surface area contributed by atoms with Gasteiger partial charge in [0, 0.05) is 48.9 Å². The Balaban J connectivity index is 1.39. The number of piperidine rings is 2. The molecule has 2 aromatic carbocycles. The van der Waals surface area contributed by atoms with Gasteiger partial charge in [0.25, 0.3) is 5.56 Å². The summed E-state index contributed by atoms with van der Waals surface area (Å²) in [6, 6.07) is 19.8. The molecule has 160 valence electrons. The zero-order chi connectivity index (χ0) is 20.9. The fourth-order valence-corrected chi connectivity index (χ4v) is 6.31. The van der Waals surface area contributed by atoms with E-state index in [-0.39, 0.29) is 5.56 Å². The fraction of sp³-hybridized carbons (Fsp3) is 0.444. The summed E-state index contributed by atoms with van der Waals surface area (Å²) >= 11 is 0. The zero-order valence-corrected chi connectivity index (χ0v) is 18.3. The van der Waals surface area contributed by atoms with Crippen molar-refractivity contribution in [1.29, 1.82) is 0 Å². The maximum absolute atomic E-state index is 12.9. The van der Waals surface area contributed by atoms with Crippen molar-refractivity contribution >= 4 is 10.8 Å². The van der Waals surface area contributed by atoms with Crippen LogP contribution in [0.1, 0.15) is 30.9 Å². The number of aromatic nitrogens is 1. The van der Waals surface area contributed by atoms with E-state index in [1.165, 1.54) is 59.9 Å². The Labute approximate surface area is 184 Å². The standard InChI is InChI=1S/C27H31N3O/c1-28-12-10-24(11-13-28)29-16-19-14-23(18-29)27-25(8-9-26(31)30(27)17-19)22-7-6-20-4-2-3-5-21(20)15-22/h2-9,15,19,23-24H,10-14,16-18H2,1H3/t19-,23+/m0/s1. The maximum Gasteiger partial charge on any atom is 0.250 e. The Morgan fingerprint density at radius 3 is 2.52 bits per heavy atom. The molecule has 1 aromatic heterocycles. The van der Waals surface area contributed by atoms with Gasteiger partial charge in [-0.2, -0.15) is 0 Å². The van der Waals surface area contributed by atoms with Gasteiger partial charge in [-0.05, 0) is 73.8 Å². The predicted octanol–water partition coefficient (Wildman–Crippen LogP) is 4.18. The van der Waals surface area contributed by atoms with E-state index in [2.05, 4.69) is 69.9 Å². The van der Waals surface area contributed by atoms with Gasteiger partial charge in [-0.1, -0.05) is 36.4 Å². The summed E-state index contributed by atoms with van der Waals surface area (Å²) in [4.78, 5) is 18.1. The lowest BCUT2D eigenvalue weighted by atomic mass is 9.79. The number of hydrogen-bond acceptors (Lipinski definition) is 3. The summed E-state index contributed by atoms with van der Waals surface area (Å²) in [5.41, 5.74) is 3.93. The van der Waals surface area contributed by atoms with E-state index in [1.54, 1.807) is 6.07 Å². The molecule has 2 bridgehead atoms. The Kier molecular flexibility index (Phi) is 4.73. The highest BCUT2D eigenvalue weighted by molar-refractivity contribution is 5.87. The van der Waals surface area contributed by atoms with Crippen molar-refractivity contribution in [3.63, 3.8) is 0 Å². The molecule has 3 aromatic rings. The first-order valence-electron chi connectivity index (χ1n) is 11.8. The van der Waals surface area contributed by atoms with Crippen molar-refractivity contribution in [3.05, 3.63) is 70.6 Å². The summed E-state index contributed by atoms with van der Waals surface area (Å²) in [6.45, 7) is 5.52. The van der Waals surface area contributed by atoms with Crippen LogP contribution in [0.2, 0.25) is 0 Å². The van der Waals surface area contributed by atoms with Gasteiger partial charge < -0.3 is 9.47 Å². The van der Waals surface area contributed by atoms with Gasteiger partial charge in [0.15, 0.2) is 0 Å². The molecule has 4 nitrogen and oxygen atoms in total. The number of pyridine rings is 1. The minimum Gasteiger partial charge on any atom is -0.311 e. The van der Waals surface area contributed by atoms with Crippen molar-refractivity contribution in [2.75, 3.05) is 33.2 Å². The minimum absolute atomic E-state index is 0.169. The highest BCUT2D eigenvalue weighted by Crippen LogP contribution is 2.41. The third-order valence-electron chi connectivity index (χ3n) is 7.88. The smallest absolute Gasteiger partial charge is 0.250 e. The van der Waals surface area contributed by atoms with Gasteiger partial charge in [0.2, 0.25) is 0 Å². The highest BCUT2D eigenvalue weighted by Gasteiger charge is 2.38. The van der Waals surface area contributed by atoms with Crippen LogP contribution in [0.5, 0.6) is 0 Å². The van der Waals surface area contributed by atoms with E-state index in [4.69, 9.17) is 0 Å². The first-order chi connectivity index (χ1) is 15.2. The number of rotatable bonds is 2. The Hall–Kier alpha value is -2.43. The number of benzene rings is 2. The number of nitrogens with zero attached hydrogens (tertiary/aromatic N) is 3. The second-order valence-corrected chi connectivity index (χ2v) is 9.93. The van der Waals surface area contributed by atoms with E-state index in [1.807, 2.05) is 0 Å². The van der Waals surface area contributed by atoms with Crippen molar-refractivity contribution in [2.24, 2.45) is 5.92 Å². The lowest BCUT2D eigenvalue weighted by Gasteiger charge is -2.47. The molecule has 0 unspecified atom stereocenters. The topological polar surface area (TPSA) is 28.5 Å². The molecular formula is C27H31N3O. The van der Waals surface area contributed by atoms with Crippen LogP contribution >= 0.6 is 0 Å². The second-order valence-electron chi connectivity index (χ2n) is 9.93. The predicted molar refractivity (Wildman–Crippen MR) is 127 cm³/mol. The van der Waals surface area contributed by atoms with Gasteiger partial charge in [-0.25, -0.2) is 0 Å². The molecule has 0 radical (unpaired) electrons. The average Bonchev–Trinajstić information content (AvgIpc) is 2.80. The number of hydrogen-bond donors (Lipinski definition) is 0. The number of likely N-dealkylation sites (tertiary alicyclic amines) is 2. The molecule has 2 saturated heterocycles. The van der Waals surface area contributed by atoms with E-state index in [9.17, 15) is 4.79 Å². The third kappa shape index (κ3) is 3.42. The normalized spacial score (nSPS) is 24.9. The highest BCUT2D eigenvalue weighted by atomic mass is 16.1. The summed E-state index contributed by atoms with van der Waals surface area (Å²) in [7, 11) is 2.24. The van der Waals surface area contributed by atoms with Crippen LogP contribution in [0.15, 0.2) is 59.4 Å². The van der Waals surface area contributed by atoms with Gasteiger partial charge in [0.1, 0.15) is 0 Å². The molecule has 0 saturated carbocycles. The second kappa shape index (κ2) is 7.61. The fourth-order valence-electron chi connectivity index (χ4n) is 6.31. The molecule has 3 aliphatic heterocycles. The van der Waals surface area contributed by atoms with E-state index in [0.717, 1.165) is 19.6 Å². The largest absolute Gasteiger partial charge is 0.311 e. The molecular weight excluding hydrogens is 382 g/mol. The summed E-state index contributed by atoms with van der Waals surface area (Å²) < 4.78 is 2.11.